The first-order valence-electron chi connectivity index (χ1n) is 4.60. The van der Waals surface area contributed by atoms with Gasteiger partial charge in [-0.2, -0.15) is 0 Å². The van der Waals surface area contributed by atoms with Crippen molar-refractivity contribution < 1.29 is 0 Å². The summed E-state index contributed by atoms with van der Waals surface area (Å²) in [5.41, 5.74) is 3.13. The highest BCUT2D eigenvalue weighted by Crippen LogP contribution is 2.28. The van der Waals surface area contributed by atoms with Crippen LogP contribution in [0.2, 0.25) is 0 Å². The molecule has 0 amide bonds. The van der Waals surface area contributed by atoms with Crippen LogP contribution < -0.4 is 5.32 Å². The largest absolute Gasteiger partial charge is 0.307 e. The van der Waals surface area contributed by atoms with Crippen LogP contribution in [0.25, 0.3) is 0 Å². The van der Waals surface area contributed by atoms with Gasteiger partial charge in [0.15, 0.2) is 0 Å². The Kier molecular flexibility index (Phi) is 3.62. The summed E-state index contributed by atoms with van der Waals surface area (Å²) in [6.07, 6.45) is 1.11. The first-order valence-corrected chi connectivity index (χ1v) is 5.39. The fourth-order valence-electron chi connectivity index (χ4n) is 1.83. The zero-order valence-electron chi connectivity index (χ0n) is 8.43. The lowest BCUT2D eigenvalue weighted by Crippen LogP contribution is -2.44. The highest BCUT2D eigenvalue weighted by atomic mass is 79.9. The van der Waals surface area contributed by atoms with Gasteiger partial charge in [-0.05, 0) is 37.5 Å². The molecule has 1 aliphatic heterocycles. The summed E-state index contributed by atoms with van der Waals surface area (Å²) in [7, 11) is 0. The molecule has 3 heteroatoms. The molecule has 0 saturated carbocycles. The highest BCUT2D eigenvalue weighted by Gasteiger charge is 2.24. The molecule has 0 atom stereocenters. The van der Waals surface area contributed by atoms with Gasteiger partial charge in [0.1, 0.15) is 0 Å². The van der Waals surface area contributed by atoms with Crippen molar-refractivity contribution in [2.75, 3.05) is 0 Å². The predicted octanol–water partition coefficient (Wildman–Crippen LogP) is 3.30. The van der Waals surface area contributed by atoms with Gasteiger partial charge in [0.2, 0.25) is 0 Å². The van der Waals surface area contributed by atoms with Gasteiger partial charge in [-0.3, -0.25) is 0 Å². The van der Waals surface area contributed by atoms with E-state index in [9.17, 15) is 0 Å². The van der Waals surface area contributed by atoms with Crippen molar-refractivity contribution >= 4 is 28.3 Å². The Hall–Kier alpha value is -0.0500. The summed E-state index contributed by atoms with van der Waals surface area (Å²) in [5.74, 6) is 0. The van der Waals surface area contributed by atoms with E-state index in [2.05, 4.69) is 53.3 Å². The van der Waals surface area contributed by atoms with Gasteiger partial charge >= 0.3 is 0 Å². The standard InChI is InChI=1S/C11H14BrN.ClH/c1-11(2)6-8-4-3-5-10(12)9(8)7-13-11;/h3-5,13H,6-7H2,1-2H3;1H. The minimum atomic E-state index is 0. The maximum absolute atomic E-state index is 3.58. The number of nitrogens with one attached hydrogen (secondary N) is 1. The van der Waals surface area contributed by atoms with Crippen molar-refractivity contribution in [3.05, 3.63) is 33.8 Å². The van der Waals surface area contributed by atoms with Crippen molar-refractivity contribution in [3.8, 4) is 0 Å². The van der Waals surface area contributed by atoms with Crippen LogP contribution in [0.5, 0.6) is 0 Å². The lowest BCUT2D eigenvalue weighted by Gasteiger charge is -2.33. The monoisotopic (exact) mass is 275 g/mol. The molecule has 1 aromatic rings. The Labute approximate surface area is 99.8 Å². The summed E-state index contributed by atoms with van der Waals surface area (Å²) in [5, 5.41) is 3.53. The van der Waals surface area contributed by atoms with Crippen LogP contribution >= 0.6 is 28.3 Å². The molecule has 0 fully saturated rings. The van der Waals surface area contributed by atoms with Gasteiger partial charge in [0.05, 0.1) is 0 Å². The van der Waals surface area contributed by atoms with Crippen LogP contribution in [0.1, 0.15) is 25.0 Å². The third-order valence-corrected chi connectivity index (χ3v) is 3.33. The number of benzene rings is 1. The smallest absolute Gasteiger partial charge is 0.0224 e. The second kappa shape index (κ2) is 4.21. The molecule has 0 aromatic heterocycles. The van der Waals surface area contributed by atoms with Gasteiger partial charge in [-0.1, -0.05) is 28.1 Å². The van der Waals surface area contributed by atoms with Crippen LogP contribution in [0, 0.1) is 0 Å². The Balaban J connectivity index is 0.000000980. The molecule has 0 radical (unpaired) electrons. The van der Waals surface area contributed by atoms with E-state index in [4.69, 9.17) is 0 Å². The Morgan fingerprint density at radius 1 is 1.36 bits per heavy atom. The maximum Gasteiger partial charge on any atom is 0.0224 e. The van der Waals surface area contributed by atoms with E-state index < -0.39 is 0 Å². The summed E-state index contributed by atoms with van der Waals surface area (Å²) in [6.45, 7) is 5.47. The van der Waals surface area contributed by atoms with E-state index >= 15 is 0 Å². The summed E-state index contributed by atoms with van der Waals surface area (Å²) in [4.78, 5) is 0. The molecule has 14 heavy (non-hydrogen) atoms. The normalized spacial score (nSPS) is 18.2. The molecule has 2 rings (SSSR count). The van der Waals surface area contributed by atoms with Crippen LogP contribution in [0.3, 0.4) is 0 Å². The highest BCUT2D eigenvalue weighted by molar-refractivity contribution is 9.10. The van der Waals surface area contributed by atoms with E-state index in [-0.39, 0.29) is 17.9 Å². The fraction of sp³-hybridized carbons (Fsp3) is 0.455. The van der Waals surface area contributed by atoms with Gasteiger partial charge in [-0.25, -0.2) is 0 Å². The van der Waals surface area contributed by atoms with Crippen LogP contribution in [-0.4, -0.2) is 5.54 Å². The molecule has 0 saturated heterocycles. The van der Waals surface area contributed by atoms with Crippen molar-refractivity contribution in [2.45, 2.75) is 32.4 Å². The molecule has 0 bridgehead atoms. The molecule has 78 valence electrons. The van der Waals surface area contributed by atoms with Crippen molar-refractivity contribution in [2.24, 2.45) is 0 Å². The van der Waals surface area contributed by atoms with E-state index in [1.54, 1.807) is 0 Å². The predicted molar refractivity (Wildman–Crippen MR) is 66.0 cm³/mol. The summed E-state index contributed by atoms with van der Waals surface area (Å²) >= 11 is 3.58. The number of hydrogen-bond donors (Lipinski definition) is 1. The number of fused-ring (bicyclic) bond motifs is 1. The SMILES string of the molecule is CC1(C)Cc2cccc(Br)c2CN1.Cl. The zero-order valence-corrected chi connectivity index (χ0v) is 10.8. The molecular formula is C11H15BrClN. The lowest BCUT2D eigenvalue weighted by molar-refractivity contribution is 0.362. The van der Waals surface area contributed by atoms with Crippen LogP contribution in [0.15, 0.2) is 22.7 Å². The van der Waals surface area contributed by atoms with Gasteiger partial charge in [-0.15, -0.1) is 12.4 Å². The zero-order chi connectivity index (χ0) is 9.47. The molecule has 0 spiro atoms. The van der Waals surface area contributed by atoms with Crippen molar-refractivity contribution in [3.63, 3.8) is 0 Å². The molecule has 0 aliphatic carbocycles. The minimum Gasteiger partial charge on any atom is -0.307 e. The summed E-state index contributed by atoms with van der Waals surface area (Å²) in [6, 6.07) is 6.45. The summed E-state index contributed by atoms with van der Waals surface area (Å²) < 4.78 is 1.23. The van der Waals surface area contributed by atoms with E-state index in [0.717, 1.165) is 13.0 Å². The van der Waals surface area contributed by atoms with Crippen molar-refractivity contribution in [1.29, 1.82) is 0 Å². The second-order valence-electron chi connectivity index (χ2n) is 4.29. The fourth-order valence-corrected chi connectivity index (χ4v) is 2.38. The Morgan fingerprint density at radius 3 is 2.79 bits per heavy atom. The molecule has 1 aliphatic rings. The maximum atomic E-state index is 3.58. The van der Waals surface area contributed by atoms with Crippen LogP contribution in [0.4, 0.5) is 0 Å². The first-order chi connectivity index (χ1) is 6.08. The minimum absolute atomic E-state index is 0. The molecule has 0 unspecified atom stereocenters. The van der Waals surface area contributed by atoms with Gasteiger partial charge in [0, 0.05) is 16.6 Å². The molecule has 1 N–H and O–H groups in total. The van der Waals surface area contributed by atoms with Gasteiger partial charge in [0.25, 0.3) is 0 Å². The van der Waals surface area contributed by atoms with Gasteiger partial charge < -0.3 is 5.32 Å². The molecular weight excluding hydrogens is 261 g/mol. The molecule has 1 heterocycles. The average Bonchev–Trinajstić information content (AvgIpc) is 2.02. The Bertz CT molecular complexity index is 336. The topological polar surface area (TPSA) is 12.0 Å². The van der Waals surface area contributed by atoms with E-state index in [1.165, 1.54) is 15.6 Å². The Morgan fingerprint density at radius 2 is 2.07 bits per heavy atom. The van der Waals surface area contributed by atoms with E-state index in [1.807, 2.05) is 0 Å². The first kappa shape index (κ1) is 12.0. The van der Waals surface area contributed by atoms with Crippen molar-refractivity contribution in [1.82, 2.24) is 5.32 Å². The number of hydrogen-bond acceptors (Lipinski definition) is 1. The lowest BCUT2D eigenvalue weighted by atomic mass is 9.88. The quantitative estimate of drug-likeness (QED) is 0.767. The number of halogens is 2. The third-order valence-electron chi connectivity index (χ3n) is 2.59. The second-order valence-corrected chi connectivity index (χ2v) is 5.15. The number of rotatable bonds is 0. The van der Waals surface area contributed by atoms with Crippen LogP contribution in [-0.2, 0) is 13.0 Å². The third kappa shape index (κ3) is 2.30. The molecule has 1 aromatic carbocycles. The average molecular weight is 277 g/mol. The van der Waals surface area contributed by atoms with E-state index in [0.29, 0.717) is 0 Å². The molecule has 1 nitrogen and oxygen atoms in total.